The van der Waals surface area contributed by atoms with Crippen molar-refractivity contribution in [3.05, 3.63) is 35.4 Å². The molecule has 0 radical (unpaired) electrons. The van der Waals surface area contributed by atoms with E-state index in [-0.39, 0.29) is 6.10 Å². The van der Waals surface area contributed by atoms with Crippen molar-refractivity contribution in [3.63, 3.8) is 0 Å². The van der Waals surface area contributed by atoms with Gasteiger partial charge in [-0.1, -0.05) is 38.1 Å². The number of rotatable bonds is 7. The van der Waals surface area contributed by atoms with Crippen LogP contribution in [-0.4, -0.2) is 17.8 Å². The maximum atomic E-state index is 10.4. The number of hydrogen-bond acceptors (Lipinski definition) is 2. The Labute approximate surface area is 123 Å². The largest absolute Gasteiger partial charge is 0.388 e. The number of aliphatic hydroxyl groups is 1. The Morgan fingerprint density at radius 3 is 2.70 bits per heavy atom. The van der Waals surface area contributed by atoms with Crippen molar-refractivity contribution in [1.29, 1.82) is 0 Å². The van der Waals surface area contributed by atoms with Gasteiger partial charge in [0.25, 0.3) is 0 Å². The molecule has 2 nitrogen and oxygen atoms in total. The van der Waals surface area contributed by atoms with Crippen LogP contribution in [0.2, 0.25) is 0 Å². The zero-order valence-electron chi connectivity index (χ0n) is 13.0. The third-order valence-corrected chi connectivity index (χ3v) is 4.13. The van der Waals surface area contributed by atoms with Crippen LogP contribution in [-0.2, 0) is 11.2 Å². The van der Waals surface area contributed by atoms with E-state index >= 15 is 0 Å². The molecule has 1 aromatic rings. The molecule has 1 saturated carbocycles. The second-order valence-electron chi connectivity index (χ2n) is 6.51. The fourth-order valence-corrected chi connectivity index (χ4v) is 3.09. The van der Waals surface area contributed by atoms with Gasteiger partial charge in [0.15, 0.2) is 0 Å². The van der Waals surface area contributed by atoms with Gasteiger partial charge in [-0.2, -0.15) is 0 Å². The van der Waals surface area contributed by atoms with Crippen LogP contribution in [0, 0.1) is 11.8 Å². The standard InChI is InChI=1S/C18H28O2/c1-4-20-17-10-15(11-17)12-18(19)16-7-5-6-14(9-16)8-13(2)3/h5-7,9,13,15,17-19H,4,8,10-12H2,1-3H3. The SMILES string of the molecule is CCOC1CC(CC(O)c2cccc(CC(C)C)c2)C1. The average molecular weight is 276 g/mol. The van der Waals surface area contributed by atoms with Crippen LogP contribution >= 0.6 is 0 Å². The summed E-state index contributed by atoms with van der Waals surface area (Å²) in [6, 6.07) is 8.45. The molecule has 1 N–H and O–H groups in total. The van der Waals surface area contributed by atoms with E-state index in [1.54, 1.807) is 0 Å². The van der Waals surface area contributed by atoms with Gasteiger partial charge < -0.3 is 9.84 Å². The summed E-state index contributed by atoms with van der Waals surface area (Å²) in [7, 11) is 0. The van der Waals surface area contributed by atoms with Gasteiger partial charge in [0.2, 0.25) is 0 Å². The summed E-state index contributed by atoms with van der Waals surface area (Å²) in [5.41, 5.74) is 2.40. The van der Waals surface area contributed by atoms with Crippen molar-refractivity contribution < 1.29 is 9.84 Å². The second-order valence-corrected chi connectivity index (χ2v) is 6.51. The fourth-order valence-electron chi connectivity index (χ4n) is 3.09. The van der Waals surface area contributed by atoms with Crippen molar-refractivity contribution in [1.82, 2.24) is 0 Å². The van der Waals surface area contributed by atoms with E-state index in [0.29, 0.717) is 17.9 Å². The molecule has 1 fully saturated rings. The Balaban J connectivity index is 1.85. The molecule has 0 bridgehead atoms. The highest BCUT2D eigenvalue weighted by Crippen LogP contribution is 2.37. The van der Waals surface area contributed by atoms with E-state index < -0.39 is 0 Å². The van der Waals surface area contributed by atoms with Crippen LogP contribution in [0.1, 0.15) is 57.3 Å². The highest BCUT2D eigenvalue weighted by atomic mass is 16.5. The molecule has 112 valence electrons. The Morgan fingerprint density at radius 2 is 2.05 bits per heavy atom. The molecule has 0 spiro atoms. The molecule has 1 aliphatic carbocycles. The molecule has 0 aliphatic heterocycles. The molecule has 20 heavy (non-hydrogen) atoms. The Morgan fingerprint density at radius 1 is 1.30 bits per heavy atom. The molecule has 2 heteroatoms. The molecule has 2 rings (SSSR count). The van der Waals surface area contributed by atoms with Crippen LogP contribution in [0.4, 0.5) is 0 Å². The molecule has 0 saturated heterocycles. The third-order valence-electron chi connectivity index (χ3n) is 4.13. The van der Waals surface area contributed by atoms with Gasteiger partial charge in [-0.05, 0) is 55.6 Å². The van der Waals surface area contributed by atoms with E-state index in [1.165, 1.54) is 5.56 Å². The monoisotopic (exact) mass is 276 g/mol. The summed E-state index contributed by atoms with van der Waals surface area (Å²) in [5, 5.41) is 10.4. The van der Waals surface area contributed by atoms with Crippen LogP contribution in [0.25, 0.3) is 0 Å². The molecule has 1 aromatic carbocycles. The lowest BCUT2D eigenvalue weighted by atomic mass is 9.77. The van der Waals surface area contributed by atoms with E-state index in [0.717, 1.165) is 37.9 Å². The van der Waals surface area contributed by atoms with Gasteiger partial charge in [-0.25, -0.2) is 0 Å². The summed E-state index contributed by atoms with van der Waals surface area (Å²) < 4.78 is 5.58. The predicted octanol–water partition coefficient (Wildman–Crippen LogP) is 4.12. The van der Waals surface area contributed by atoms with Crippen molar-refractivity contribution in [3.8, 4) is 0 Å². The fraction of sp³-hybridized carbons (Fsp3) is 0.667. The van der Waals surface area contributed by atoms with Crippen molar-refractivity contribution in [2.24, 2.45) is 11.8 Å². The molecule has 1 unspecified atom stereocenters. The second kappa shape index (κ2) is 7.24. The highest BCUT2D eigenvalue weighted by Gasteiger charge is 2.31. The smallest absolute Gasteiger partial charge is 0.0792 e. The molecule has 1 atom stereocenters. The predicted molar refractivity (Wildman–Crippen MR) is 82.7 cm³/mol. The van der Waals surface area contributed by atoms with Crippen LogP contribution in [0.5, 0.6) is 0 Å². The first kappa shape index (κ1) is 15.5. The number of ether oxygens (including phenoxy) is 1. The minimum Gasteiger partial charge on any atom is -0.388 e. The quantitative estimate of drug-likeness (QED) is 0.811. The maximum absolute atomic E-state index is 10.4. The lowest BCUT2D eigenvalue weighted by Gasteiger charge is -2.36. The van der Waals surface area contributed by atoms with Crippen LogP contribution < -0.4 is 0 Å². The van der Waals surface area contributed by atoms with E-state index in [9.17, 15) is 5.11 Å². The lowest BCUT2D eigenvalue weighted by Crippen LogP contribution is -2.32. The number of benzene rings is 1. The number of aliphatic hydroxyl groups excluding tert-OH is 1. The Kier molecular flexibility index (Phi) is 5.62. The van der Waals surface area contributed by atoms with Crippen LogP contribution in [0.3, 0.4) is 0 Å². The normalized spacial score (nSPS) is 23.6. The first-order chi connectivity index (χ1) is 9.58. The minimum atomic E-state index is -0.324. The van der Waals surface area contributed by atoms with Crippen molar-refractivity contribution in [2.75, 3.05) is 6.61 Å². The molecule has 0 heterocycles. The first-order valence-electron chi connectivity index (χ1n) is 7.97. The van der Waals surface area contributed by atoms with E-state index in [1.807, 2.05) is 13.0 Å². The highest BCUT2D eigenvalue weighted by molar-refractivity contribution is 5.25. The summed E-state index contributed by atoms with van der Waals surface area (Å²) in [5.74, 6) is 1.27. The zero-order chi connectivity index (χ0) is 14.5. The Bertz CT molecular complexity index is 408. The van der Waals surface area contributed by atoms with Gasteiger partial charge in [0.05, 0.1) is 12.2 Å². The van der Waals surface area contributed by atoms with Crippen molar-refractivity contribution >= 4 is 0 Å². The van der Waals surface area contributed by atoms with E-state index in [2.05, 4.69) is 32.0 Å². The Hall–Kier alpha value is -0.860. The molecule has 0 aromatic heterocycles. The van der Waals surface area contributed by atoms with E-state index in [4.69, 9.17) is 4.74 Å². The van der Waals surface area contributed by atoms with Gasteiger partial charge in [0, 0.05) is 6.61 Å². The van der Waals surface area contributed by atoms with Crippen LogP contribution in [0.15, 0.2) is 24.3 Å². The summed E-state index contributed by atoms with van der Waals surface area (Å²) in [6.07, 6.45) is 4.28. The third kappa shape index (κ3) is 4.32. The molecular formula is C18H28O2. The molecule has 1 aliphatic rings. The molecular weight excluding hydrogens is 248 g/mol. The lowest BCUT2D eigenvalue weighted by molar-refractivity contribution is -0.0380. The summed E-state index contributed by atoms with van der Waals surface area (Å²) in [4.78, 5) is 0. The first-order valence-corrected chi connectivity index (χ1v) is 7.97. The summed E-state index contributed by atoms with van der Waals surface area (Å²) >= 11 is 0. The topological polar surface area (TPSA) is 29.5 Å². The minimum absolute atomic E-state index is 0.324. The summed E-state index contributed by atoms with van der Waals surface area (Å²) in [6.45, 7) is 7.30. The molecule has 0 amide bonds. The van der Waals surface area contributed by atoms with Crippen molar-refractivity contribution in [2.45, 2.75) is 58.7 Å². The van der Waals surface area contributed by atoms with Gasteiger partial charge in [0.1, 0.15) is 0 Å². The number of hydrogen-bond donors (Lipinski definition) is 1. The zero-order valence-corrected chi connectivity index (χ0v) is 13.0. The van der Waals surface area contributed by atoms with Gasteiger partial charge >= 0.3 is 0 Å². The van der Waals surface area contributed by atoms with Gasteiger partial charge in [-0.3, -0.25) is 0 Å². The maximum Gasteiger partial charge on any atom is 0.0792 e. The average Bonchev–Trinajstić information content (AvgIpc) is 2.35. The van der Waals surface area contributed by atoms with Gasteiger partial charge in [-0.15, -0.1) is 0 Å².